The molecule has 0 radical (unpaired) electrons. The zero-order valence-electron chi connectivity index (χ0n) is 17.7. The number of rotatable bonds is 6. The molecule has 5 rings (SSSR count). The predicted molar refractivity (Wildman–Crippen MR) is 118 cm³/mol. The first-order valence-corrected chi connectivity index (χ1v) is 11.0. The third-order valence-electron chi connectivity index (χ3n) is 6.66. The minimum atomic E-state index is -0.0996. The Balaban J connectivity index is 1.36. The number of carbonyl (C=O) groups is 1. The Morgan fingerprint density at radius 3 is 2.60 bits per heavy atom. The Morgan fingerprint density at radius 1 is 1.10 bits per heavy atom. The van der Waals surface area contributed by atoms with Crippen LogP contribution in [-0.2, 0) is 6.42 Å². The lowest BCUT2D eigenvalue weighted by atomic mass is 10.0. The first-order chi connectivity index (χ1) is 14.6. The lowest BCUT2D eigenvalue weighted by Gasteiger charge is -2.35. The number of aromatic nitrogens is 2. The van der Waals surface area contributed by atoms with Gasteiger partial charge >= 0.3 is 0 Å². The van der Waals surface area contributed by atoms with Gasteiger partial charge in [-0.05, 0) is 26.3 Å². The zero-order chi connectivity index (χ0) is 20.6. The van der Waals surface area contributed by atoms with Crippen molar-refractivity contribution < 1.29 is 4.79 Å². The van der Waals surface area contributed by atoms with E-state index in [0.29, 0.717) is 23.5 Å². The standard InChI is InChI=1S/C23H30N6O/c1-28-11-13-29(14-12-28)16-23(8-9-23)15-25-21-18-7-10-24-22(30)19(18)26-20(27-21)17-5-3-2-4-6-17/h2-6H,7-16H2,1H3,(H,24,30)(H,25,26,27). The van der Waals surface area contributed by atoms with Gasteiger partial charge in [-0.25, -0.2) is 9.97 Å². The van der Waals surface area contributed by atoms with E-state index >= 15 is 0 Å². The molecule has 1 saturated carbocycles. The molecule has 2 fully saturated rings. The van der Waals surface area contributed by atoms with E-state index in [0.717, 1.165) is 62.6 Å². The number of likely N-dealkylation sites (N-methyl/N-ethyl adjacent to an activating group) is 1. The van der Waals surface area contributed by atoms with Gasteiger partial charge in [-0.15, -0.1) is 0 Å². The van der Waals surface area contributed by atoms with Crippen LogP contribution in [0.25, 0.3) is 11.4 Å². The molecule has 0 unspecified atom stereocenters. The van der Waals surface area contributed by atoms with Gasteiger partial charge < -0.3 is 20.4 Å². The van der Waals surface area contributed by atoms with Crippen molar-refractivity contribution in [3.63, 3.8) is 0 Å². The van der Waals surface area contributed by atoms with Gasteiger partial charge in [-0.2, -0.15) is 0 Å². The molecule has 0 bridgehead atoms. The maximum absolute atomic E-state index is 12.5. The van der Waals surface area contributed by atoms with E-state index in [-0.39, 0.29) is 5.91 Å². The quantitative estimate of drug-likeness (QED) is 0.763. The fraction of sp³-hybridized carbons (Fsp3) is 0.522. The number of anilines is 1. The highest BCUT2D eigenvalue weighted by Crippen LogP contribution is 2.46. The lowest BCUT2D eigenvalue weighted by molar-refractivity contribution is 0.0940. The van der Waals surface area contributed by atoms with Gasteiger partial charge in [0.1, 0.15) is 11.5 Å². The van der Waals surface area contributed by atoms with Gasteiger partial charge in [-0.1, -0.05) is 30.3 Å². The second-order valence-electron chi connectivity index (χ2n) is 9.03. The van der Waals surface area contributed by atoms with Crippen LogP contribution in [0, 0.1) is 5.41 Å². The van der Waals surface area contributed by atoms with Crippen molar-refractivity contribution in [2.75, 3.05) is 58.2 Å². The van der Waals surface area contributed by atoms with E-state index in [4.69, 9.17) is 4.98 Å². The third kappa shape index (κ3) is 4.04. The fourth-order valence-corrected chi connectivity index (χ4v) is 4.47. The second-order valence-corrected chi connectivity index (χ2v) is 9.03. The molecule has 1 saturated heterocycles. The molecule has 3 heterocycles. The summed E-state index contributed by atoms with van der Waals surface area (Å²) in [7, 11) is 2.20. The molecule has 30 heavy (non-hydrogen) atoms. The summed E-state index contributed by atoms with van der Waals surface area (Å²) in [5, 5.41) is 6.56. The molecule has 7 nitrogen and oxygen atoms in total. The highest BCUT2D eigenvalue weighted by Gasteiger charge is 2.44. The van der Waals surface area contributed by atoms with Crippen LogP contribution < -0.4 is 10.6 Å². The monoisotopic (exact) mass is 406 g/mol. The molecule has 2 aromatic rings. The first-order valence-electron chi connectivity index (χ1n) is 11.0. The van der Waals surface area contributed by atoms with Crippen LogP contribution >= 0.6 is 0 Å². The maximum Gasteiger partial charge on any atom is 0.270 e. The average molecular weight is 407 g/mol. The normalized spacial score (nSPS) is 21.0. The Morgan fingerprint density at radius 2 is 1.87 bits per heavy atom. The van der Waals surface area contributed by atoms with Crippen molar-refractivity contribution in [3.05, 3.63) is 41.6 Å². The van der Waals surface area contributed by atoms with Crippen LogP contribution in [0.2, 0.25) is 0 Å². The van der Waals surface area contributed by atoms with Crippen molar-refractivity contribution in [2.24, 2.45) is 5.41 Å². The second kappa shape index (κ2) is 7.96. The van der Waals surface area contributed by atoms with E-state index in [1.807, 2.05) is 30.3 Å². The number of benzene rings is 1. The Labute approximate surface area is 177 Å². The number of fused-ring (bicyclic) bond motifs is 1. The Kier molecular flexibility index (Phi) is 5.16. The summed E-state index contributed by atoms with van der Waals surface area (Å²) in [6.07, 6.45) is 3.28. The minimum absolute atomic E-state index is 0.0996. The van der Waals surface area contributed by atoms with Gasteiger partial charge in [0.15, 0.2) is 5.82 Å². The number of hydrogen-bond acceptors (Lipinski definition) is 6. The zero-order valence-corrected chi connectivity index (χ0v) is 17.7. The van der Waals surface area contributed by atoms with E-state index in [1.165, 1.54) is 12.8 Å². The van der Waals surface area contributed by atoms with Crippen molar-refractivity contribution in [1.82, 2.24) is 25.1 Å². The predicted octanol–water partition coefficient (Wildman–Crippen LogP) is 1.87. The van der Waals surface area contributed by atoms with Crippen LogP contribution in [0.15, 0.2) is 30.3 Å². The molecule has 0 atom stereocenters. The first kappa shape index (κ1) is 19.5. The van der Waals surface area contributed by atoms with Crippen LogP contribution in [0.4, 0.5) is 5.82 Å². The third-order valence-corrected chi connectivity index (χ3v) is 6.66. The summed E-state index contributed by atoms with van der Waals surface area (Å²) in [6.45, 7) is 7.29. The topological polar surface area (TPSA) is 73.4 Å². The summed E-state index contributed by atoms with van der Waals surface area (Å²) in [5.74, 6) is 1.34. The van der Waals surface area contributed by atoms with Crippen LogP contribution in [0.3, 0.4) is 0 Å². The van der Waals surface area contributed by atoms with Crippen molar-refractivity contribution in [3.8, 4) is 11.4 Å². The molecule has 0 spiro atoms. The fourth-order valence-electron chi connectivity index (χ4n) is 4.47. The van der Waals surface area contributed by atoms with E-state index in [1.54, 1.807) is 0 Å². The molecule has 2 N–H and O–H groups in total. The summed E-state index contributed by atoms with van der Waals surface area (Å²) in [4.78, 5) is 27.0. The molecule has 7 heteroatoms. The Hall–Kier alpha value is -2.51. The smallest absolute Gasteiger partial charge is 0.270 e. The largest absolute Gasteiger partial charge is 0.369 e. The van der Waals surface area contributed by atoms with E-state index in [9.17, 15) is 4.79 Å². The summed E-state index contributed by atoms with van der Waals surface area (Å²) < 4.78 is 0. The molecule has 1 aromatic heterocycles. The van der Waals surface area contributed by atoms with Crippen molar-refractivity contribution >= 4 is 11.7 Å². The number of nitrogens with zero attached hydrogens (tertiary/aromatic N) is 4. The summed E-state index contributed by atoms with van der Waals surface area (Å²) >= 11 is 0. The van der Waals surface area contributed by atoms with Gasteiger partial charge in [-0.3, -0.25) is 4.79 Å². The molecular weight excluding hydrogens is 376 g/mol. The van der Waals surface area contributed by atoms with E-state index in [2.05, 4.69) is 32.5 Å². The Bertz CT molecular complexity index is 919. The number of amides is 1. The van der Waals surface area contributed by atoms with Gasteiger partial charge in [0.25, 0.3) is 5.91 Å². The lowest BCUT2D eigenvalue weighted by Crippen LogP contribution is -2.47. The molecule has 1 amide bonds. The maximum atomic E-state index is 12.5. The van der Waals surface area contributed by atoms with Gasteiger partial charge in [0, 0.05) is 62.4 Å². The molecule has 3 aliphatic rings. The highest BCUT2D eigenvalue weighted by atomic mass is 16.1. The van der Waals surface area contributed by atoms with Crippen LogP contribution in [0.5, 0.6) is 0 Å². The summed E-state index contributed by atoms with van der Waals surface area (Å²) in [6, 6.07) is 9.90. The number of piperazine rings is 1. The highest BCUT2D eigenvalue weighted by molar-refractivity contribution is 5.96. The SMILES string of the molecule is CN1CCN(CC2(CNc3nc(-c4ccccc4)nc4c3CCNC4=O)CC2)CC1. The number of hydrogen-bond donors (Lipinski definition) is 2. The molecule has 2 aliphatic heterocycles. The van der Waals surface area contributed by atoms with Crippen molar-refractivity contribution in [2.45, 2.75) is 19.3 Å². The van der Waals surface area contributed by atoms with Gasteiger partial charge in [0.05, 0.1) is 0 Å². The molecule has 1 aliphatic carbocycles. The molecular formula is C23H30N6O. The van der Waals surface area contributed by atoms with Crippen molar-refractivity contribution in [1.29, 1.82) is 0 Å². The van der Waals surface area contributed by atoms with Crippen LogP contribution in [-0.4, -0.2) is 78.5 Å². The van der Waals surface area contributed by atoms with Gasteiger partial charge in [0.2, 0.25) is 0 Å². The van der Waals surface area contributed by atoms with E-state index < -0.39 is 0 Å². The number of carbonyl (C=O) groups excluding carboxylic acids is 1. The summed E-state index contributed by atoms with van der Waals surface area (Å²) in [5.41, 5.74) is 2.73. The minimum Gasteiger partial charge on any atom is -0.369 e. The molecule has 158 valence electrons. The molecule has 1 aromatic carbocycles. The number of nitrogens with one attached hydrogen (secondary N) is 2. The average Bonchev–Trinajstić information content (AvgIpc) is 3.54. The van der Waals surface area contributed by atoms with Crippen LogP contribution in [0.1, 0.15) is 28.9 Å².